The van der Waals surface area contributed by atoms with Gasteiger partial charge in [-0.25, -0.2) is 0 Å². The van der Waals surface area contributed by atoms with Crippen molar-refractivity contribution in [1.29, 1.82) is 0 Å². The fourth-order valence-corrected chi connectivity index (χ4v) is 2.06. The summed E-state index contributed by atoms with van der Waals surface area (Å²) in [7, 11) is 0. The van der Waals surface area contributed by atoms with E-state index in [-0.39, 0.29) is 5.56 Å². The van der Waals surface area contributed by atoms with Gasteiger partial charge in [-0.15, -0.1) is 0 Å². The number of hydrogen-bond donors (Lipinski definition) is 0. The van der Waals surface area contributed by atoms with Gasteiger partial charge in [0.15, 0.2) is 0 Å². The number of benzene rings is 2. The fourth-order valence-electron chi connectivity index (χ4n) is 1.56. The van der Waals surface area contributed by atoms with Crippen LogP contribution in [0.15, 0.2) is 42.5 Å². The van der Waals surface area contributed by atoms with E-state index in [2.05, 4.69) is 0 Å². The summed E-state index contributed by atoms with van der Waals surface area (Å²) in [6.07, 6.45) is 0. The molecule has 0 N–H and O–H groups in total. The number of halogens is 3. The van der Waals surface area contributed by atoms with Crippen molar-refractivity contribution in [2.24, 2.45) is 0 Å². The van der Waals surface area contributed by atoms with Gasteiger partial charge in [-0.05, 0) is 16.8 Å². The first-order valence-electron chi connectivity index (χ1n) is 4.75. The highest BCUT2D eigenvalue weighted by molar-refractivity contribution is 8.14. The Morgan fingerprint density at radius 2 is 1.65 bits per heavy atom. The molecule has 0 aliphatic rings. The summed E-state index contributed by atoms with van der Waals surface area (Å²) in [5, 5.41) is 0.312. The van der Waals surface area contributed by atoms with Crippen LogP contribution in [0.5, 0.6) is 0 Å². The van der Waals surface area contributed by atoms with E-state index in [1.54, 1.807) is 36.4 Å². The second-order valence-electron chi connectivity index (χ2n) is 3.36. The summed E-state index contributed by atoms with van der Waals surface area (Å²) in [6, 6.07) is 11.6. The molecule has 0 saturated carbocycles. The number of thioether (sulfide) groups is 1. The molecule has 5 heteroatoms. The van der Waals surface area contributed by atoms with Gasteiger partial charge in [0, 0.05) is 17.3 Å². The topological polar surface area (TPSA) is 17.1 Å². The number of carbonyl (C=O) groups is 1. The molecule has 17 heavy (non-hydrogen) atoms. The number of alkyl halides is 3. The first-order chi connectivity index (χ1) is 7.97. The van der Waals surface area contributed by atoms with Crippen molar-refractivity contribution in [3.63, 3.8) is 0 Å². The van der Waals surface area contributed by atoms with Gasteiger partial charge in [0.25, 0.3) is 0 Å². The molecule has 2 aromatic rings. The van der Waals surface area contributed by atoms with Crippen LogP contribution in [-0.2, 0) is 0 Å². The van der Waals surface area contributed by atoms with Crippen LogP contribution in [0.3, 0.4) is 0 Å². The van der Waals surface area contributed by atoms with E-state index < -0.39 is 22.4 Å². The minimum atomic E-state index is -4.55. The third-order valence-electron chi connectivity index (χ3n) is 2.22. The summed E-state index contributed by atoms with van der Waals surface area (Å²) in [5.74, 6) is 0. The zero-order chi connectivity index (χ0) is 12.5. The van der Waals surface area contributed by atoms with Crippen molar-refractivity contribution in [2.45, 2.75) is 5.51 Å². The predicted molar refractivity (Wildman–Crippen MR) is 61.9 cm³/mol. The van der Waals surface area contributed by atoms with Gasteiger partial charge < -0.3 is 0 Å². The SMILES string of the molecule is O=C(SC(F)(F)F)c1cccc2ccccc12. The van der Waals surface area contributed by atoms with Gasteiger partial charge >= 0.3 is 5.51 Å². The second kappa shape index (κ2) is 4.41. The number of rotatable bonds is 1. The van der Waals surface area contributed by atoms with Gasteiger partial charge in [-0.2, -0.15) is 13.2 Å². The summed E-state index contributed by atoms with van der Waals surface area (Å²) < 4.78 is 36.4. The molecule has 0 aliphatic carbocycles. The maximum atomic E-state index is 12.1. The predicted octanol–water partition coefficient (Wildman–Crippen LogP) is 4.23. The highest BCUT2D eigenvalue weighted by atomic mass is 32.2. The molecule has 0 heterocycles. The number of hydrogen-bond acceptors (Lipinski definition) is 2. The van der Waals surface area contributed by atoms with E-state index in [1.807, 2.05) is 0 Å². The van der Waals surface area contributed by atoms with Crippen molar-refractivity contribution in [3.05, 3.63) is 48.0 Å². The van der Waals surface area contributed by atoms with Crippen LogP contribution in [-0.4, -0.2) is 10.6 Å². The van der Waals surface area contributed by atoms with E-state index in [9.17, 15) is 18.0 Å². The molecule has 0 amide bonds. The first kappa shape index (κ1) is 12.0. The zero-order valence-corrected chi connectivity index (χ0v) is 9.31. The molecule has 0 saturated heterocycles. The maximum Gasteiger partial charge on any atom is 0.449 e. The molecule has 0 atom stereocenters. The lowest BCUT2D eigenvalue weighted by Gasteiger charge is -2.07. The standard InChI is InChI=1S/C12H7F3OS/c13-12(14,15)17-11(16)10-7-3-5-8-4-1-2-6-9(8)10/h1-7H. The molecule has 0 radical (unpaired) electrons. The minimum Gasteiger partial charge on any atom is -0.281 e. The molecular weight excluding hydrogens is 249 g/mol. The number of carbonyl (C=O) groups excluding carboxylic acids is 1. The average Bonchev–Trinajstić information content (AvgIpc) is 2.26. The molecule has 0 aliphatic heterocycles. The average molecular weight is 256 g/mol. The quantitative estimate of drug-likeness (QED) is 0.759. The lowest BCUT2D eigenvalue weighted by molar-refractivity contribution is -0.0322. The van der Waals surface area contributed by atoms with E-state index in [0.717, 1.165) is 5.39 Å². The highest BCUT2D eigenvalue weighted by Crippen LogP contribution is 2.34. The molecule has 0 bridgehead atoms. The van der Waals surface area contributed by atoms with E-state index in [0.29, 0.717) is 5.39 Å². The van der Waals surface area contributed by atoms with Crippen molar-refractivity contribution < 1.29 is 18.0 Å². The Hall–Kier alpha value is -1.49. The van der Waals surface area contributed by atoms with Gasteiger partial charge in [0.2, 0.25) is 5.12 Å². The fraction of sp³-hybridized carbons (Fsp3) is 0.0833. The van der Waals surface area contributed by atoms with Crippen LogP contribution in [0.4, 0.5) is 13.2 Å². The Morgan fingerprint density at radius 3 is 2.35 bits per heavy atom. The summed E-state index contributed by atoms with van der Waals surface area (Å²) in [4.78, 5) is 11.5. The molecule has 2 rings (SSSR count). The Morgan fingerprint density at radius 1 is 1.00 bits per heavy atom. The molecule has 0 spiro atoms. The van der Waals surface area contributed by atoms with E-state index >= 15 is 0 Å². The Labute approximate surface area is 99.6 Å². The van der Waals surface area contributed by atoms with Crippen LogP contribution in [0, 0.1) is 0 Å². The lowest BCUT2D eigenvalue weighted by atomic mass is 10.1. The van der Waals surface area contributed by atoms with E-state index in [1.165, 1.54) is 6.07 Å². The smallest absolute Gasteiger partial charge is 0.281 e. The van der Waals surface area contributed by atoms with Gasteiger partial charge in [-0.3, -0.25) is 4.79 Å². The normalized spacial score (nSPS) is 11.7. The van der Waals surface area contributed by atoms with E-state index in [4.69, 9.17) is 0 Å². The molecule has 2 aromatic carbocycles. The summed E-state index contributed by atoms with van der Waals surface area (Å²) in [6.45, 7) is 0. The second-order valence-corrected chi connectivity index (χ2v) is 4.40. The first-order valence-corrected chi connectivity index (χ1v) is 5.57. The minimum absolute atomic E-state index is 0.0884. The molecule has 0 aromatic heterocycles. The molecular formula is C12H7F3OS. The van der Waals surface area contributed by atoms with Crippen molar-refractivity contribution in [1.82, 2.24) is 0 Å². The number of fused-ring (bicyclic) bond motifs is 1. The highest BCUT2D eigenvalue weighted by Gasteiger charge is 2.33. The van der Waals surface area contributed by atoms with Gasteiger partial charge in [0.05, 0.1) is 0 Å². The van der Waals surface area contributed by atoms with Crippen molar-refractivity contribution in [2.75, 3.05) is 0 Å². The third kappa shape index (κ3) is 2.79. The van der Waals surface area contributed by atoms with Crippen LogP contribution in [0.2, 0.25) is 0 Å². The molecule has 0 fully saturated rings. The van der Waals surface area contributed by atoms with Crippen LogP contribution in [0.1, 0.15) is 10.4 Å². The summed E-state index contributed by atoms with van der Waals surface area (Å²) >= 11 is -0.614. The van der Waals surface area contributed by atoms with Crippen molar-refractivity contribution in [3.8, 4) is 0 Å². The maximum absolute atomic E-state index is 12.1. The summed E-state index contributed by atoms with van der Waals surface area (Å²) in [5.41, 5.74) is -4.46. The van der Waals surface area contributed by atoms with Crippen LogP contribution in [0.25, 0.3) is 10.8 Å². The molecule has 1 nitrogen and oxygen atoms in total. The third-order valence-corrected chi connectivity index (χ3v) is 2.85. The largest absolute Gasteiger partial charge is 0.449 e. The van der Waals surface area contributed by atoms with Crippen LogP contribution >= 0.6 is 11.8 Å². The Kier molecular flexibility index (Phi) is 3.11. The molecule has 0 unspecified atom stereocenters. The van der Waals surface area contributed by atoms with Crippen molar-refractivity contribution >= 4 is 27.6 Å². The Balaban J connectivity index is 2.45. The monoisotopic (exact) mass is 256 g/mol. The molecule has 88 valence electrons. The van der Waals surface area contributed by atoms with Crippen LogP contribution < -0.4 is 0 Å². The zero-order valence-electron chi connectivity index (χ0n) is 8.49. The lowest BCUT2D eigenvalue weighted by Crippen LogP contribution is -2.07. The Bertz CT molecular complexity index is 558. The van der Waals surface area contributed by atoms with Gasteiger partial charge in [0.1, 0.15) is 0 Å². The van der Waals surface area contributed by atoms with Gasteiger partial charge in [-0.1, -0.05) is 36.4 Å².